The molecule has 1 fully saturated rings. The molecule has 0 aliphatic carbocycles. The molecule has 1 aliphatic rings. The third-order valence-corrected chi connectivity index (χ3v) is 4.16. The van der Waals surface area contributed by atoms with Crippen LogP contribution in [0.5, 0.6) is 0 Å². The molecule has 1 N–H and O–H groups in total. The standard InChI is InChI=1S/C17H35NO/c1-4-5-6-7-8-9-10-11-13-18-16-12-14-19-17(2,3)15-16/h16,18H,4-15H2,1-3H3. The van der Waals surface area contributed by atoms with E-state index in [0.717, 1.165) is 13.0 Å². The molecule has 1 heterocycles. The molecule has 0 aromatic rings. The Hall–Kier alpha value is -0.0800. The van der Waals surface area contributed by atoms with E-state index in [2.05, 4.69) is 26.1 Å². The normalized spacial score (nSPS) is 22.6. The van der Waals surface area contributed by atoms with Crippen molar-refractivity contribution >= 4 is 0 Å². The van der Waals surface area contributed by atoms with Crippen molar-refractivity contribution in [3.8, 4) is 0 Å². The summed E-state index contributed by atoms with van der Waals surface area (Å²) in [4.78, 5) is 0. The van der Waals surface area contributed by atoms with E-state index in [0.29, 0.717) is 6.04 Å². The molecule has 0 aromatic carbocycles. The molecule has 114 valence electrons. The van der Waals surface area contributed by atoms with E-state index >= 15 is 0 Å². The smallest absolute Gasteiger partial charge is 0.0641 e. The molecule has 2 nitrogen and oxygen atoms in total. The van der Waals surface area contributed by atoms with Crippen molar-refractivity contribution < 1.29 is 4.74 Å². The molecule has 0 amide bonds. The molecule has 19 heavy (non-hydrogen) atoms. The van der Waals surface area contributed by atoms with Crippen LogP contribution in [-0.2, 0) is 4.74 Å². The van der Waals surface area contributed by atoms with Gasteiger partial charge in [-0.1, -0.05) is 51.9 Å². The first kappa shape index (κ1) is 17.0. The van der Waals surface area contributed by atoms with Crippen LogP contribution in [0.4, 0.5) is 0 Å². The summed E-state index contributed by atoms with van der Waals surface area (Å²) in [5.74, 6) is 0. The van der Waals surface area contributed by atoms with Gasteiger partial charge in [-0.05, 0) is 39.7 Å². The SMILES string of the molecule is CCCCCCCCCCNC1CCOC(C)(C)C1. The Balaban J connectivity index is 1.88. The zero-order valence-corrected chi connectivity index (χ0v) is 13.5. The van der Waals surface area contributed by atoms with Crippen LogP contribution in [0.15, 0.2) is 0 Å². The number of unbranched alkanes of at least 4 members (excludes halogenated alkanes) is 7. The maximum Gasteiger partial charge on any atom is 0.0641 e. The van der Waals surface area contributed by atoms with Crippen molar-refractivity contribution in [3.05, 3.63) is 0 Å². The number of rotatable bonds is 10. The van der Waals surface area contributed by atoms with Gasteiger partial charge >= 0.3 is 0 Å². The molecule has 0 saturated carbocycles. The second-order valence-electron chi connectivity index (χ2n) is 6.73. The highest BCUT2D eigenvalue weighted by atomic mass is 16.5. The van der Waals surface area contributed by atoms with Gasteiger partial charge in [-0.25, -0.2) is 0 Å². The molecule has 1 aliphatic heterocycles. The zero-order valence-electron chi connectivity index (χ0n) is 13.5. The van der Waals surface area contributed by atoms with Gasteiger partial charge in [0.1, 0.15) is 0 Å². The minimum absolute atomic E-state index is 0.0786. The minimum Gasteiger partial charge on any atom is -0.375 e. The van der Waals surface area contributed by atoms with Gasteiger partial charge in [0.05, 0.1) is 5.60 Å². The average Bonchev–Trinajstić information content (AvgIpc) is 2.36. The maximum absolute atomic E-state index is 5.75. The van der Waals surface area contributed by atoms with Gasteiger partial charge in [0.15, 0.2) is 0 Å². The van der Waals surface area contributed by atoms with Crippen molar-refractivity contribution in [2.24, 2.45) is 0 Å². The Morgan fingerprint density at radius 3 is 2.26 bits per heavy atom. The van der Waals surface area contributed by atoms with Crippen LogP contribution in [0.1, 0.15) is 85.0 Å². The molecule has 0 bridgehead atoms. The van der Waals surface area contributed by atoms with Gasteiger partial charge in [-0.3, -0.25) is 0 Å². The Morgan fingerprint density at radius 1 is 1.00 bits per heavy atom. The van der Waals surface area contributed by atoms with Crippen LogP contribution in [0.25, 0.3) is 0 Å². The minimum atomic E-state index is 0.0786. The van der Waals surface area contributed by atoms with Crippen molar-refractivity contribution in [1.29, 1.82) is 0 Å². The summed E-state index contributed by atoms with van der Waals surface area (Å²) < 4.78 is 5.75. The Bertz CT molecular complexity index is 215. The maximum atomic E-state index is 5.75. The summed E-state index contributed by atoms with van der Waals surface area (Å²) in [6.07, 6.45) is 13.6. The summed E-state index contributed by atoms with van der Waals surface area (Å²) in [6.45, 7) is 8.80. The summed E-state index contributed by atoms with van der Waals surface area (Å²) in [7, 11) is 0. The number of hydrogen-bond acceptors (Lipinski definition) is 2. The topological polar surface area (TPSA) is 21.3 Å². The lowest BCUT2D eigenvalue weighted by atomic mass is 9.94. The monoisotopic (exact) mass is 269 g/mol. The first-order valence-electron chi connectivity index (χ1n) is 8.51. The second-order valence-corrected chi connectivity index (χ2v) is 6.73. The predicted molar refractivity (Wildman–Crippen MR) is 83.7 cm³/mol. The third-order valence-electron chi connectivity index (χ3n) is 4.16. The number of hydrogen-bond donors (Lipinski definition) is 1. The molecule has 0 aromatic heterocycles. The Morgan fingerprint density at radius 2 is 1.63 bits per heavy atom. The van der Waals surface area contributed by atoms with Gasteiger partial charge in [0.25, 0.3) is 0 Å². The summed E-state index contributed by atoms with van der Waals surface area (Å²) >= 11 is 0. The van der Waals surface area contributed by atoms with Crippen molar-refractivity contribution in [2.45, 2.75) is 96.6 Å². The van der Waals surface area contributed by atoms with E-state index < -0.39 is 0 Å². The highest BCUT2D eigenvalue weighted by molar-refractivity contribution is 4.82. The third kappa shape index (κ3) is 8.65. The first-order valence-corrected chi connectivity index (χ1v) is 8.51. The van der Waals surface area contributed by atoms with Crippen LogP contribution in [0, 0.1) is 0 Å². The quantitative estimate of drug-likeness (QED) is 0.582. The molecule has 0 spiro atoms. The van der Waals surface area contributed by atoms with Gasteiger partial charge in [-0.15, -0.1) is 0 Å². The molecule has 1 atom stereocenters. The molecule has 2 heteroatoms. The van der Waals surface area contributed by atoms with Gasteiger partial charge in [0, 0.05) is 12.6 Å². The molecule has 1 saturated heterocycles. The average molecular weight is 269 g/mol. The molecular weight excluding hydrogens is 234 g/mol. The van der Waals surface area contributed by atoms with E-state index in [4.69, 9.17) is 4.74 Å². The van der Waals surface area contributed by atoms with E-state index in [1.807, 2.05) is 0 Å². The summed E-state index contributed by atoms with van der Waals surface area (Å²) in [6, 6.07) is 0.674. The fourth-order valence-electron chi connectivity index (χ4n) is 2.97. The van der Waals surface area contributed by atoms with Gasteiger partial charge in [-0.2, -0.15) is 0 Å². The molecular formula is C17H35NO. The summed E-state index contributed by atoms with van der Waals surface area (Å²) in [5.41, 5.74) is 0.0786. The van der Waals surface area contributed by atoms with Crippen molar-refractivity contribution in [1.82, 2.24) is 5.32 Å². The highest BCUT2D eigenvalue weighted by Crippen LogP contribution is 2.23. The second kappa shape index (κ2) is 9.77. The van der Waals surface area contributed by atoms with Crippen molar-refractivity contribution in [2.75, 3.05) is 13.2 Å². The van der Waals surface area contributed by atoms with E-state index in [-0.39, 0.29) is 5.60 Å². The van der Waals surface area contributed by atoms with E-state index in [1.165, 1.54) is 64.3 Å². The first-order chi connectivity index (χ1) is 9.14. The Kier molecular flexibility index (Phi) is 8.72. The zero-order chi connectivity index (χ0) is 14.0. The fourth-order valence-corrected chi connectivity index (χ4v) is 2.97. The fraction of sp³-hybridized carbons (Fsp3) is 1.00. The Labute approximate surface area is 120 Å². The van der Waals surface area contributed by atoms with E-state index in [9.17, 15) is 0 Å². The van der Waals surface area contributed by atoms with Crippen LogP contribution >= 0.6 is 0 Å². The van der Waals surface area contributed by atoms with Crippen molar-refractivity contribution in [3.63, 3.8) is 0 Å². The summed E-state index contributed by atoms with van der Waals surface area (Å²) in [5, 5.41) is 3.71. The lowest BCUT2D eigenvalue weighted by Crippen LogP contribution is -2.43. The van der Waals surface area contributed by atoms with Crippen LogP contribution < -0.4 is 5.32 Å². The van der Waals surface area contributed by atoms with Crippen LogP contribution in [-0.4, -0.2) is 24.8 Å². The highest BCUT2D eigenvalue weighted by Gasteiger charge is 2.28. The molecule has 1 unspecified atom stereocenters. The lowest BCUT2D eigenvalue weighted by Gasteiger charge is -2.36. The lowest BCUT2D eigenvalue weighted by molar-refractivity contribution is -0.0627. The van der Waals surface area contributed by atoms with Crippen LogP contribution in [0.3, 0.4) is 0 Å². The number of nitrogens with one attached hydrogen (secondary N) is 1. The number of ether oxygens (including phenoxy) is 1. The van der Waals surface area contributed by atoms with Crippen LogP contribution in [0.2, 0.25) is 0 Å². The van der Waals surface area contributed by atoms with Gasteiger partial charge in [0.2, 0.25) is 0 Å². The largest absolute Gasteiger partial charge is 0.375 e. The van der Waals surface area contributed by atoms with E-state index in [1.54, 1.807) is 0 Å². The predicted octanol–water partition coefficient (Wildman–Crippen LogP) is 4.67. The molecule has 1 rings (SSSR count). The molecule has 0 radical (unpaired) electrons. The van der Waals surface area contributed by atoms with Gasteiger partial charge < -0.3 is 10.1 Å².